The van der Waals surface area contributed by atoms with Gasteiger partial charge in [-0.25, -0.2) is 23.4 Å². The minimum Gasteiger partial charge on any atom is -0.481 e. The van der Waals surface area contributed by atoms with Crippen LogP contribution < -0.4 is 9.46 Å². The van der Waals surface area contributed by atoms with Crippen LogP contribution in [0.4, 0.5) is 5.95 Å². The van der Waals surface area contributed by atoms with Crippen LogP contribution in [-0.2, 0) is 21.3 Å². The maximum atomic E-state index is 13.5. The summed E-state index contributed by atoms with van der Waals surface area (Å²) in [5, 5.41) is 7.81. The van der Waals surface area contributed by atoms with E-state index in [1.54, 1.807) is 22.8 Å². The predicted octanol–water partition coefficient (Wildman–Crippen LogP) is 2.79. The van der Waals surface area contributed by atoms with Crippen molar-refractivity contribution < 1.29 is 17.9 Å². The quantitative estimate of drug-likeness (QED) is 0.379. The van der Waals surface area contributed by atoms with Crippen molar-refractivity contribution >= 4 is 27.6 Å². The van der Waals surface area contributed by atoms with Gasteiger partial charge in [-0.3, -0.25) is 14.2 Å². The summed E-state index contributed by atoms with van der Waals surface area (Å²) in [7, 11) is -1.07. The molecule has 3 atom stereocenters. The van der Waals surface area contributed by atoms with E-state index in [4.69, 9.17) is 21.1 Å². The van der Waals surface area contributed by atoms with Crippen molar-refractivity contribution in [3.8, 4) is 17.4 Å². The molecule has 0 spiro atoms. The number of ether oxygens (including phenoxy) is 2. The van der Waals surface area contributed by atoms with Crippen LogP contribution in [0, 0.1) is 0 Å². The number of nitrogens with zero attached hydrogens (tertiary/aromatic N) is 7. The molecule has 0 bridgehead atoms. The summed E-state index contributed by atoms with van der Waals surface area (Å²) in [5.41, 5.74) is 0.524. The average Bonchev–Trinajstić information content (AvgIpc) is 3.52. The third-order valence-electron chi connectivity index (χ3n) is 6.51. The van der Waals surface area contributed by atoms with Gasteiger partial charge in [-0.1, -0.05) is 24.6 Å². The molecule has 14 heteroatoms. The topological polar surface area (TPSA) is 137 Å². The second-order valence-corrected chi connectivity index (χ2v) is 11.2. The molecule has 200 valence electrons. The zero-order chi connectivity index (χ0) is 26.6. The molecule has 0 aliphatic carbocycles. The summed E-state index contributed by atoms with van der Waals surface area (Å²) in [6, 6.07) is 5.53. The largest absolute Gasteiger partial charge is 0.481 e. The molecule has 4 heterocycles. The lowest BCUT2D eigenvalue weighted by Gasteiger charge is -2.25. The van der Waals surface area contributed by atoms with E-state index < -0.39 is 21.4 Å². The Hall–Kier alpha value is -2.87. The van der Waals surface area contributed by atoms with E-state index in [1.807, 2.05) is 0 Å². The lowest BCUT2D eigenvalue weighted by Crippen LogP contribution is -2.35. The van der Waals surface area contributed by atoms with E-state index in [1.165, 1.54) is 33.5 Å². The minimum absolute atomic E-state index is 0.0984. The van der Waals surface area contributed by atoms with Gasteiger partial charge in [0.2, 0.25) is 21.9 Å². The number of nitrogens with one attached hydrogen (secondary N) is 1. The zero-order valence-electron chi connectivity index (χ0n) is 21.2. The van der Waals surface area contributed by atoms with Crippen molar-refractivity contribution in [2.45, 2.75) is 50.6 Å². The molecule has 0 saturated carbocycles. The van der Waals surface area contributed by atoms with Crippen molar-refractivity contribution in [3.05, 3.63) is 41.4 Å². The molecule has 2 unspecified atom stereocenters. The molecule has 1 N–H and O–H groups in total. The molecule has 0 radical (unpaired) electrons. The molecule has 1 fully saturated rings. The maximum absolute atomic E-state index is 13.5. The van der Waals surface area contributed by atoms with Crippen molar-refractivity contribution in [1.29, 1.82) is 0 Å². The molecule has 37 heavy (non-hydrogen) atoms. The van der Waals surface area contributed by atoms with Crippen molar-refractivity contribution in [1.82, 2.24) is 34.6 Å². The average molecular weight is 551 g/mol. The predicted molar refractivity (Wildman–Crippen MR) is 139 cm³/mol. The van der Waals surface area contributed by atoms with Crippen LogP contribution in [0.5, 0.6) is 5.88 Å². The van der Waals surface area contributed by atoms with Crippen LogP contribution >= 0.6 is 11.6 Å². The van der Waals surface area contributed by atoms with E-state index >= 15 is 0 Å². The van der Waals surface area contributed by atoms with Crippen LogP contribution in [0.25, 0.3) is 11.5 Å². The molecule has 0 amide bonds. The number of likely N-dealkylation sites (N-methyl/N-ethyl adjacent to an activating group) is 1. The summed E-state index contributed by atoms with van der Waals surface area (Å²) < 4.78 is 42.1. The SMILES string of the molecule is CCN1CCC[C@H]1Cn1c(NS(=O)(=O)C(C)C(OC)c2ncc(Cl)cn2)nnc1-c1cccc(OC)n1. The van der Waals surface area contributed by atoms with E-state index in [9.17, 15) is 8.42 Å². The molecule has 0 aromatic carbocycles. The van der Waals surface area contributed by atoms with Gasteiger partial charge in [-0.05, 0) is 38.9 Å². The lowest BCUT2D eigenvalue weighted by molar-refractivity contribution is 0.0950. The first kappa shape index (κ1) is 27.2. The molecule has 1 aliphatic heterocycles. The molecular formula is C23H31ClN8O4S. The number of pyridine rings is 1. The first-order valence-electron chi connectivity index (χ1n) is 12.0. The van der Waals surface area contributed by atoms with Crippen LogP contribution in [-0.4, -0.2) is 81.6 Å². The van der Waals surface area contributed by atoms with Gasteiger partial charge >= 0.3 is 0 Å². The monoisotopic (exact) mass is 550 g/mol. The highest BCUT2D eigenvalue weighted by molar-refractivity contribution is 7.93. The fourth-order valence-electron chi connectivity index (χ4n) is 4.48. The highest BCUT2D eigenvalue weighted by Gasteiger charge is 2.35. The molecule has 4 rings (SSSR count). The number of likely N-dealkylation sites (tertiary alicyclic amines) is 1. The summed E-state index contributed by atoms with van der Waals surface area (Å²) in [6.45, 7) is 6.02. The number of methoxy groups -OCH3 is 2. The Labute approximate surface area is 221 Å². The molecular weight excluding hydrogens is 520 g/mol. The molecule has 3 aromatic heterocycles. The van der Waals surface area contributed by atoms with Crippen LogP contribution in [0.2, 0.25) is 5.02 Å². The Morgan fingerprint density at radius 1 is 1.22 bits per heavy atom. The van der Waals surface area contributed by atoms with Gasteiger partial charge in [0.1, 0.15) is 17.0 Å². The van der Waals surface area contributed by atoms with E-state index in [0.717, 1.165) is 25.9 Å². The molecule has 3 aromatic rings. The maximum Gasteiger partial charge on any atom is 0.240 e. The Morgan fingerprint density at radius 3 is 2.65 bits per heavy atom. The Morgan fingerprint density at radius 2 is 1.97 bits per heavy atom. The van der Waals surface area contributed by atoms with Crippen LogP contribution in [0.1, 0.15) is 38.6 Å². The number of anilines is 1. The number of hydrogen-bond acceptors (Lipinski definition) is 10. The van der Waals surface area contributed by atoms with Gasteiger partial charge in [0.15, 0.2) is 11.6 Å². The highest BCUT2D eigenvalue weighted by atomic mass is 35.5. The third kappa shape index (κ3) is 6.00. The number of aromatic nitrogens is 6. The number of hydrogen-bond donors (Lipinski definition) is 1. The Balaban J connectivity index is 1.68. The minimum atomic E-state index is -4.01. The Kier molecular flexibility index (Phi) is 8.57. The smallest absolute Gasteiger partial charge is 0.240 e. The first-order chi connectivity index (χ1) is 17.8. The van der Waals surface area contributed by atoms with Crippen molar-refractivity contribution in [2.24, 2.45) is 0 Å². The van der Waals surface area contributed by atoms with Gasteiger partial charge in [0, 0.05) is 38.2 Å². The summed E-state index contributed by atoms with van der Waals surface area (Å²) in [4.78, 5) is 15.1. The molecule has 1 aliphatic rings. The standard InChI is InChI=1S/C23H31ClN8O4S/c1-5-31-11-7-8-17(31)14-32-22(18-9-6-10-19(27-18)35-3)28-29-23(32)30-37(33,34)15(2)20(36-4)21-25-12-16(24)13-26-21/h6,9-10,12-13,15,17,20H,5,7-8,11,14H2,1-4H3,(H,29,30)/t15?,17-,20?/m0/s1. The summed E-state index contributed by atoms with van der Waals surface area (Å²) in [6.07, 6.45) is 3.92. The zero-order valence-corrected chi connectivity index (χ0v) is 22.8. The fraction of sp³-hybridized carbons (Fsp3) is 0.522. The highest BCUT2D eigenvalue weighted by Crippen LogP contribution is 2.28. The van der Waals surface area contributed by atoms with Gasteiger partial charge in [0.05, 0.1) is 12.1 Å². The van der Waals surface area contributed by atoms with E-state index in [2.05, 4.69) is 41.7 Å². The fourth-order valence-corrected chi connectivity index (χ4v) is 5.73. The summed E-state index contributed by atoms with van der Waals surface area (Å²) >= 11 is 5.89. The van der Waals surface area contributed by atoms with E-state index in [0.29, 0.717) is 29.0 Å². The number of sulfonamides is 1. The van der Waals surface area contributed by atoms with Crippen molar-refractivity contribution in [3.63, 3.8) is 0 Å². The van der Waals surface area contributed by atoms with Crippen LogP contribution in [0.15, 0.2) is 30.6 Å². The first-order valence-corrected chi connectivity index (χ1v) is 13.9. The van der Waals surface area contributed by atoms with Gasteiger partial charge in [-0.15, -0.1) is 10.2 Å². The van der Waals surface area contributed by atoms with Crippen molar-refractivity contribution in [2.75, 3.05) is 32.0 Å². The third-order valence-corrected chi connectivity index (χ3v) is 8.40. The normalized spacial score (nSPS) is 18.0. The molecule has 12 nitrogen and oxygen atoms in total. The number of halogens is 1. The van der Waals surface area contributed by atoms with Gasteiger partial charge in [0.25, 0.3) is 0 Å². The molecule has 1 saturated heterocycles. The van der Waals surface area contributed by atoms with E-state index in [-0.39, 0.29) is 17.8 Å². The number of rotatable bonds is 11. The Bertz CT molecular complexity index is 1300. The van der Waals surface area contributed by atoms with Crippen LogP contribution in [0.3, 0.4) is 0 Å². The summed E-state index contributed by atoms with van der Waals surface area (Å²) in [5.74, 6) is 1.17. The van der Waals surface area contributed by atoms with Gasteiger partial charge in [-0.2, -0.15) is 0 Å². The lowest BCUT2D eigenvalue weighted by atomic mass is 10.2. The van der Waals surface area contributed by atoms with Gasteiger partial charge < -0.3 is 9.47 Å². The second-order valence-electron chi connectivity index (χ2n) is 8.72. The second kappa shape index (κ2) is 11.7.